The molecule has 3 rings (SSSR count). The molecule has 0 unspecified atom stereocenters. The number of benzene rings is 1. The van der Waals surface area contributed by atoms with Crippen molar-refractivity contribution in [3.05, 3.63) is 53.5 Å². The van der Waals surface area contributed by atoms with Gasteiger partial charge in [0.1, 0.15) is 17.8 Å². The van der Waals surface area contributed by atoms with Crippen LogP contribution < -0.4 is 10.6 Å². The predicted molar refractivity (Wildman–Crippen MR) is 117 cm³/mol. The molecule has 1 aromatic carbocycles. The number of amides is 1. The van der Waals surface area contributed by atoms with Crippen LogP contribution in [0.4, 0.5) is 5.82 Å². The largest absolute Gasteiger partial charge is 0.390 e. The Hall–Kier alpha value is -2.55. The average Bonchev–Trinajstić information content (AvgIpc) is 2.75. The maximum Gasteiger partial charge on any atom is 0.270 e. The topological polar surface area (TPSA) is 93.6 Å². The quantitative estimate of drug-likeness (QED) is 0.501. The fourth-order valence-electron chi connectivity index (χ4n) is 3.56. The van der Waals surface area contributed by atoms with Gasteiger partial charge in [-0.15, -0.1) is 0 Å². The summed E-state index contributed by atoms with van der Waals surface area (Å²) in [7, 11) is 4.07. The molecule has 0 fully saturated rings. The molecule has 162 valence electrons. The van der Waals surface area contributed by atoms with Crippen LogP contribution in [0.5, 0.6) is 0 Å². The van der Waals surface area contributed by atoms with E-state index >= 15 is 0 Å². The molecule has 1 amide bonds. The first-order valence-electron chi connectivity index (χ1n) is 10.5. The van der Waals surface area contributed by atoms with Crippen LogP contribution in [0.3, 0.4) is 0 Å². The van der Waals surface area contributed by atoms with Crippen LogP contribution in [-0.2, 0) is 13.0 Å². The van der Waals surface area contributed by atoms with Gasteiger partial charge in [0.25, 0.3) is 5.91 Å². The molecule has 1 aliphatic heterocycles. The Morgan fingerprint density at radius 2 is 2.07 bits per heavy atom. The minimum Gasteiger partial charge on any atom is -0.390 e. The van der Waals surface area contributed by atoms with Gasteiger partial charge in [-0.3, -0.25) is 9.69 Å². The van der Waals surface area contributed by atoms with Crippen LogP contribution in [-0.4, -0.2) is 83.7 Å². The molecule has 8 heteroatoms. The van der Waals surface area contributed by atoms with E-state index in [0.29, 0.717) is 18.1 Å². The number of hydrogen-bond acceptors (Lipinski definition) is 7. The number of nitrogens with zero attached hydrogens (tertiary/aromatic N) is 4. The highest BCUT2D eigenvalue weighted by Gasteiger charge is 2.19. The molecule has 8 nitrogen and oxygen atoms in total. The van der Waals surface area contributed by atoms with Crippen LogP contribution in [0.15, 0.2) is 36.7 Å². The second-order valence-corrected chi connectivity index (χ2v) is 7.99. The van der Waals surface area contributed by atoms with Gasteiger partial charge in [-0.2, -0.15) is 0 Å². The number of carbonyl (C=O) groups is 1. The monoisotopic (exact) mass is 412 g/mol. The fraction of sp³-hybridized carbons (Fsp3) is 0.500. The van der Waals surface area contributed by atoms with Crippen molar-refractivity contribution < 1.29 is 9.90 Å². The lowest BCUT2D eigenvalue weighted by molar-refractivity contribution is 0.0838. The Morgan fingerprint density at radius 3 is 2.87 bits per heavy atom. The SMILES string of the molecule is CN(C)CCCNc1cc(C(=O)NC[C@H](O)CN2CCc3ccccc3C2)ncn1. The number of hydrogen-bond donors (Lipinski definition) is 3. The fourth-order valence-corrected chi connectivity index (χ4v) is 3.56. The Kier molecular flexibility index (Phi) is 8.12. The summed E-state index contributed by atoms with van der Waals surface area (Å²) in [6.45, 7) is 4.20. The summed E-state index contributed by atoms with van der Waals surface area (Å²) < 4.78 is 0. The van der Waals surface area contributed by atoms with Crippen molar-refractivity contribution in [3.8, 4) is 0 Å². The predicted octanol–water partition coefficient (Wildman–Crippen LogP) is 0.989. The standard InChI is InChI=1S/C22H32N6O2/c1-27(2)10-5-9-23-21-12-20(25-16-26-21)22(30)24-13-19(29)15-28-11-8-17-6-3-4-7-18(17)14-28/h3-4,6-7,12,16,19,29H,5,8-11,13-15H2,1-2H3,(H,24,30)(H,23,25,26)/t19-/m0/s1. The molecule has 1 atom stereocenters. The normalized spacial score (nSPS) is 14.9. The number of aliphatic hydroxyl groups excluding tert-OH is 1. The minimum absolute atomic E-state index is 0.187. The van der Waals surface area contributed by atoms with Crippen LogP contribution in [0, 0.1) is 0 Å². The van der Waals surface area contributed by atoms with Gasteiger partial charge < -0.3 is 20.6 Å². The van der Waals surface area contributed by atoms with Crippen molar-refractivity contribution in [2.75, 3.05) is 52.1 Å². The lowest BCUT2D eigenvalue weighted by Gasteiger charge is -2.30. The molecular weight excluding hydrogens is 380 g/mol. The molecule has 0 aliphatic carbocycles. The third-order valence-electron chi connectivity index (χ3n) is 5.16. The number of β-amino-alcohol motifs (C(OH)–C–C–N with tert-alkyl or cyclic N) is 1. The van der Waals surface area contributed by atoms with Gasteiger partial charge in [-0.05, 0) is 44.6 Å². The second-order valence-electron chi connectivity index (χ2n) is 7.99. The first-order chi connectivity index (χ1) is 14.5. The van der Waals surface area contributed by atoms with E-state index in [1.807, 2.05) is 20.2 Å². The van der Waals surface area contributed by atoms with Crippen molar-refractivity contribution in [1.29, 1.82) is 0 Å². The van der Waals surface area contributed by atoms with E-state index in [-0.39, 0.29) is 12.5 Å². The number of carbonyl (C=O) groups excluding carboxylic acids is 1. The third-order valence-corrected chi connectivity index (χ3v) is 5.16. The zero-order valence-corrected chi connectivity index (χ0v) is 17.8. The van der Waals surface area contributed by atoms with Crippen LogP contribution >= 0.6 is 0 Å². The molecule has 0 saturated carbocycles. The van der Waals surface area contributed by atoms with Crippen molar-refractivity contribution in [2.24, 2.45) is 0 Å². The van der Waals surface area contributed by atoms with Crippen LogP contribution in [0.25, 0.3) is 0 Å². The van der Waals surface area contributed by atoms with Crippen LogP contribution in [0.2, 0.25) is 0 Å². The Balaban J connectivity index is 1.42. The summed E-state index contributed by atoms with van der Waals surface area (Å²) in [5.74, 6) is 0.318. The first kappa shape index (κ1) is 22.1. The van der Waals surface area contributed by atoms with Gasteiger partial charge in [0, 0.05) is 38.8 Å². The summed E-state index contributed by atoms with van der Waals surface area (Å²) in [4.78, 5) is 25.0. The lowest BCUT2D eigenvalue weighted by atomic mass is 10.00. The van der Waals surface area contributed by atoms with Crippen molar-refractivity contribution >= 4 is 11.7 Å². The summed E-state index contributed by atoms with van der Waals surface area (Å²) in [5, 5.41) is 16.4. The van der Waals surface area contributed by atoms with Gasteiger partial charge >= 0.3 is 0 Å². The van der Waals surface area contributed by atoms with Gasteiger partial charge in [-0.1, -0.05) is 24.3 Å². The Morgan fingerprint density at radius 1 is 1.27 bits per heavy atom. The maximum absolute atomic E-state index is 12.4. The zero-order valence-electron chi connectivity index (χ0n) is 17.8. The number of rotatable bonds is 10. The summed E-state index contributed by atoms with van der Waals surface area (Å²) >= 11 is 0. The smallest absolute Gasteiger partial charge is 0.270 e. The van der Waals surface area contributed by atoms with E-state index in [1.54, 1.807) is 6.07 Å². The van der Waals surface area contributed by atoms with Crippen molar-refractivity contribution in [2.45, 2.75) is 25.5 Å². The molecule has 0 spiro atoms. The van der Waals surface area contributed by atoms with Gasteiger partial charge in [0.2, 0.25) is 0 Å². The van der Waals surface area contributed by atoms with E-state index in [9.17, 15) is 9.90 Å². The second kappa shape index (κ2) is 11.0. The Bertz CT molecular complexity index is 829. The maximum atomic E-state index is 12.4. The molecule has 3 N–H and O–H groups in total. The molecule has 2 aromatic rings. The number of fused-ring (bicyclic) bond motifs is 1. The van der Waals surface area contributed by atoms with E-state index in [2.05, 4.69) is 48.6 Å². The Labute approximate surface area is 178 Å². The third kappa shape index (κ3) is 6.76. The first-order valence-corrected chi connectivity index (χ1v) is 10.5. The summed E-state index contributed by atoms with van der Waals surface area (Å²) in [6, 6.07) is 10.1. The van der Waals surface area contributed by atoms with Crippen molar-refractivity contribution in [1.82, 2.24) is 25.1 Å². The lowest BCUT2D eigenvalue weighted by Crippen LogP contribution is -2.42. The number of aliphatic hydroxyl groups is 1. The van der Waals surface area contributed by atoms with E-state index in [4.69, 9.17) is 0 Å². The molecule has 1 aliphatic rings. The van der Waals surface area contributed by atoms with Crippen LogP contribution in [0.1, 0.15) is 28.0 Å². The van der Waals surface area contributed by atoms with E-state index in [1.165, 1.54) is 17.5 Å². The van der Waals surface area contributed by atoms with Gasteiger partial charge in [-0.25, -0.2) is 9.97 Å². The highest BCUT2D eigenvalue weighted by molar-refractivity contribution is 5.92. The average molecular weight is 413 g/mol. The molecule has 30 heavy (non-hydrogen) atoms. The summed E-state index contributed by atoms with van der Waals surface area (Å²) in [6.07, 6.45) is 2.71. The molecule has 0 radical (unpaired) electrons. The molecule has 0 saturated heterocycles. The van der Waals surface area contributed by atoms with Crippen molar-refractivity contribution in [3.63, 3.8) is 0 Å². The number of aromatic nitrogens is 2. The highest BCUT2D eigenvalue weighted by Crippen LogP contribution is 2.18. The molecular formula is C22H32N6O2. The molecule has 2 heterocycles. The molecule has 0 bridgehead atoms. The van der Waals surface area contributed by atoms with E-state index in [0.717, 1.165) is 39.0 Å². The number of anilines is 1. The zero-order chi connectivity index (χ0) is 21.3. The highest BCUT2D eigenvalue weighted by atomic mass is 16.3. The van der Waals surface area contributed by atoms with Gasteiger partial charge in [0.05, 0.1) is 6.10 Å². The molecule has 1 aromatic heterocycles. The van der Waals surface area contributed by atoms with Gasteiger partial charge in [0.15, 0.2) is 0 Å². The minimum atomic E-state index is -0.635. The van der Waals surface area contributed by atoms with E-state index < -0.39 is 6.10 Å². The summed E-state index contributed by atoms with van der Waals surface area (Å²) in [5.41, 5.74) is 2.98. The number of nitrogens with one attached hydrogen (secondary N) is 2.